The van der Waals surface area contributed by atoms with Crippen molar-refractivity contribution in [3.63, 3.8) is 0 Å². The van der Waals surface area contributed by atoms with Gasteiger partial charge < -0.3 is 42.7 Å². The van der Waals surface area contributed by atoms with E-state index in [2.05, 4.69) is 0 Å². The maximum atomic E-state index is 8.25. The quantitative estimate of drug-likeness (QED) is 0.311. The molecule has 0 spiro atoms. The van der Waals surface area contributed by atoms with Crippen LogP contribution in [0.2, 0.25) is 0 Å². The van der Waals surface area contributed by atoms with E-state index in [1.54, 1.807) is 0 Å². The van der Waals surface area contributed by atoms with Crippen molar-refractivity contribution in [3.05, 3.63) is 15.3 Å². The van der Waals surface area contributed by atoms with E-state index in [1.807, 2.05) is 0 Å². The largest absolute Gasteiger partial charge is 3.00 e. The third kappa shape index (κ3) is 22000. The van der Waals surface area contributed by atoms with E-state index in [-0.39, 0.29) is 53.2 Å². The van der Waals surface area contributed by atoms with E-state index < -0.39 is 5.09 Å². The molecule has 0 amide bonds. The molecule has 10 N–H and O–H groups in total. The first-order chi connectivity index (χ1) is 1.73. The van der Waals surface area contributed by atoms with Crippen molar-refractivity contribution in [2.45, 2.75) is 0 Å². The standard InChI is InChI=1S/In.NO3.5H2O/c;2-1(3)4;;;;;/h;;5*1H2/q+3;-1;;;;;. The number of hydrogen-bond donors (Lipinski definition) is 0. The van der Waals surface area contributed by atoms with Crippen LogP contribution in [-0.4, -0.2) is 58.3 Å². The van der Waals surface area contributed by atoms with Gasteiger partial charge in [0.1, 0.15) is 0 Å². The van der Waals surface area contributed by atoms with Crippen LogP contribution >= 0.6 is 0 Å². The van der Waals surface area contributed by atoms with E-state index in [9.17, 15) is 0 Å². The molecule has 9 nitrogen and oxygen atoms in total. The fourth-order valence-corrected chi connectivity index (χ4v) is 0. The van der Waals surface area contributed by atoms with Crippen LogP contribution in [0.3, 0.4) is 0 Å². The van der Waals surface area contributed by atoms with Crippen LogP contribution < -0.4 is 0 Å². The van der Waals surface area contributed by atoms with E-state index in [0.29, 0.717) is 0 Å². The van der Waals surface area contributed by atoms with Crippen molar-refractivity contribution < 1.29 is 32.5 Å². The van der Waals surface area contributed by atoms with Crippen LogP contribution in [0.5, 0.6) is 0 Å². The van der Waals surface area contributed by atoms with Gasteiger partial charge in [0.15, 0.2) is 0 Å². The third-order valence-electron chi connectivity index (χ3n) is 0. The normalized spacial score (nSPS) is 2.40. The molecule has 0 aromatic heterocycles. The molecule has 0 unspecified atom stereocenters. The maximum absolute atomic E-state index is 8.25. The molecule has 64 valence electrons. The average Bonchev–Trinajstić information content (AvgIpc) is 0.811. The van der Waals surface area contributed by atoms with Crippen molar-refractivity contribution in [1.29, 1.82) is 0 Å². The van der Waals surface area contributed by atoms with Crippen LogP contribution in [0.25, 0.3) is 0 Å². The Morgan fingerprint density at radius 3 is 0.800 bits per heavy atom. The predicted octanol–water partition coefficient (Wildman–Crippen LogP) is -4.74. The number of hydrogen-bond acceptors (Lipinski definition) is 3. The SMILES string of the molecule is O.O.O.O.O.O=[N+]([O-])[O-].[In+3]. The van der Waals surface area contributed by atoms with Crippen molar-refractivity contribution >= 4 is 25.8 Å². The fourth-order valence-electron chi connectivity index (χ4n) is 0. The molecule has 0 aliphatic carbocycles. The van der Waals surface area contributed by atoms with Gasteiger partial charge in [-0.15, -0.1) is 0 Å². The summed E-state index contributed by atoms with van der Waals surface area (Å²) in [7, 11) is 0. The second-order valence-electron chi connectivity index (χ2n) is 0.224. The molecule has 10 heavy (non-hydrogen) atoms. The molecule has 0 radical (unpaired) electrons. The summed E-state index contributed by atoms with van der Waals surface area (Å²) in [6, 6.07) is 0. The summed E-state index contributed by atoms with van der Waals surface area (Å²) in [5.74, 6) is 0. The van der Waals surface area contributed by atoms with Crippen LogP contribution in [0.4, 0.5) is 0 Å². The summed E-state index contributed by atoms with van der Waals surface area (Å²) in [6.45, 7) is 0. The summed E-state index contributed by atoms with van der Waals surface area (Å²) < 4.78 is 0. The topological polar surface area (TPSA) is 224 Å². The second kappa shape index (κ2) is 66.7. The Hall–Kier alpha value is -0.130. The molecule has 0 aliphatic heterocycles. The molecule has 0 aliphatic rings. The summed E-state index contributed by atoms with van der Waals surface area (Å²) in [6.07, 6.45) is 0. The van der Waals surface area contributed by atoms with Gasteiger partial charge >= 0.3 is 25.8 Å². The van der Waals surface area contributed by atoms with Gasteiger partial charge in [0.05, 0.1) is 5.09 Å². The molecule has 0 bridgehead atoms. The molecular weight excluding hydrogens is 257 g/mol. The minimum atomic E-state index is -1.75. The molecule has 0 fully saturated rings. The summed E-state index contributed by atoms with van der Waals surface area (Å²) in [5.41, 5.74) is 0. The summed E-state index contributed by atoms with van der Waals surface area (Å²) >= 11 is 0. The fraction of sp³-hybridized carbons (Fsp3) is 0. The Morgan fingerprint density at radius 2 is 0.800 bits per heavy atom. The Bertz CT molecular complexity index is 32.2. The summed E-state index contributed by atoms with van der Waals surface area (Å²) in [5, 5.41) is 14.8. The van der Waals surface area contributed by atoms with Crippen LogP contribution in [0, 0.1) is 15.3 Å². The minimum Gasteiger partial charge on any atom is -0.412 e. The van der Waals surface area contributed by atoms with E-state index in [1.165, 1.54) is 0 Å². The Kier molecular flexibility index (Phi) is 629. The van der Waals surface area contributed by atoms with Gasteiger partial charge in [-0.25, -0.2) is 0 Å². The van der Waals surface area contributed by atoms with Crippen molar-refractivity contribution in [2.24, 2.45) is 0 Å². The molecule has 0 aromatic carbocycles. The Balaban J connectivity index is -0.00000000300. The first kappa shape index (κ1) is 94.3. The van der Waals surface area contributed by atoms with Crippen LogP contribution in [0.1, 0.15) is 0 Å². The number of nitrogens with zero attached hydrogens (tertiary/aromatic N) is 1. The molecule has 10 heteroatoms. The van der Waals surface area contributed by atoms with Crippen molar-refractivity contribution in [1.82, 2.24) is 0 Å². The predicted molar refractivity (Wildman–Crippen MR) is 34.2 cm³/mol. The van der Waals surface area contributed by atoms with Crippen LogP contribution in [-0.2, 0) is 0 Å². The zero-order valence-corrected chi connectivity index (χ0v) is 8.04. The molecule has 0 heterocycles. The zero-order chi connectivity index (χ0) is 3.58. The van der Waals surface area contributed by atoms with Gasteiger partial charge in [0, 0.05) is 0 Å². The smallest absolute Gasteiger partial charge is 0.412 e. The monoisotopic (exact) mass is 267 g/mol. The average molecular weight is 267 g/mol. The third-order valence-corrected chi connectivity index (χ3v) is 0. The second-order valence-corrected chi connectivity index (χ2v) is 0.224. The van der Waals surface area contributed by atoms with Gasteiger partial charge in [-0.3, -0.25) is 0 Å². The molecular formula is H10InNO8+2. The van der Waals surface area contributed by atoms with Crippen molar-refractivity contribution in [3.8, 4) is 0 Å². The van der Waals surface area contributed by atoms with Gasteiger partial charge in [0.25, 0.3) is 0 Å². The van der Waals surface area contributed by atoms with Gasteiger partial charge in [0.2, 0.25) is 0 Å². The van der Waals surface area contributed by atoms with Gasteiger partial charge in [-0.1, -0.05) is 0 Å². The molecule has 0 atom stereocenters. The van der Waals surface area contributed by atoms with E-state index in [4.69, 9.17) is 15.3 Å². The first-order valence-corrected chi connectivity index (χ1v) is 0.548. The van der Waals surface area contributed by atoms with Crippen molar-refractivity contribution in [2.75, 3.05) is 0 Å². The molecule has 0 saturated heterocycles. The first-order valence-electron chi connectivity index (χ1n) is 0.548. The van der Waals surface area contributed by atoms with E-state index >= 15 is 0 Å². The Morgan fingerprint density at radius 1 is 0.800 bits per heavy atom. The maximum Gasteiger partial charge on any atom is 3.00 e. The van der Waals surface area contributed by atoms with Gasteiger partial charge in [-0.2, -0.15) is 0 Å². The summed E-state index contributed by atoms with van der Waals surface area (Å²) in [4.78, 5) is 8.25. The van der Waals surface area contributed by atoms with Gasteiger partial charge in [-0.05, 0) is 0 Å². The molecule has 0 rings (SSSR count). The zero-order valence-electron chi connectivity index (χ0n) is 4.75. The molecule has 0 aromatic rings. The Labute approximate surface area is 74.1 Å². The number of rotatable bonds is 0. The molecule has 0 saturated carbocycles. The minimum absolute atomic E-state index is 0. The van der Waals surface area contributed by atoms with Crippen LogP contribution in [0.15, 0.2) is 0 Å². The van der Waals surface area contributed by atoms with E-state index in [0.717, 1.165) is 0 Å².